The van der Waals surface area contributed by atoms with Gasteiger partial charge in [0.25, 0.3) is 6.29 Å². The van der Waals surface area contributed by atoms with Crippen LogP contribution in [0, 0.1) is 0 Å². The first-order chi connectivity index (χ1) is 18.7. The van der Waals surface area contributed by atoms with Gasteiger partial charge in [0.05, 0.1) is 22.9 Å². The number of urea groups is 1. The van der Waals surface area contributed by atoms with E-state index in [0.29, 0.717) is 17.3 Å². The van der Waals surface area contributed by atoms with Gasteiger partial charge >= 0.3 is 6.03 Å². The Morgan fingerprint density at radius 3 is 2.84 bits per heavy atom. The summed E-state index contributed by atoms with van der Waals surface area (Å²) in [5.74, 6) is 0.845. The number of amidine groups is 1. The average molecular weight is 571 g/mol. The Bertz CT molecular complexity index is 1760. The van der Waals surface area contributed by atoms with E-state index >= 15 is 0 Å². The molecule has 5 aromatic rings. The summed E-state index contributed by atoms with van der Waals surface area (Å²) >= 11 is 3.56. The molecule has 2 N–H and O–H groups in total. The van der Waals surface area contributed by atoms with Crippen LogP contribution >= 0.6 is 15.9 Å². The molecule has 2 aliphatic rings. The third-order valence-corrected chi connectivity index (χ3v) is 7.15. The highest BCUT2D eigenvalue weighted by Crippen LogP contribution is 2.37. The van der Waals surface area contributed by atoms with Gasteiger partial charge in [0, 0.05) is 15.7 Å². The number of aromatic nitrogens is 5. The van der Waals surface area contributed by atoms with Crippen LogP contribution in [-0.2, 0) is 16.1 Å². The molecule has 2 amide bonds. The van der Waals surface area contributed by atoms with Crippen molar-refractivity contribution in [3.05, 3.63) is 95.1 Å². The Morgan fingerprint density at radius 2 is 1.92 bits per heavy atom. The molecule has 0 spiro atoms. The van der Waals surface area contributed by atoms with Crippen LogP contribution in [0.25, 0.3) is 22.1 Å². The first kappa shape index (κ1) is 22.5. The van der Waals surface area contributed by atoms with Gasteiger partial charge in [-0.3, -0.25) is 10.2 Å². The summed E-state index contributed by atoms with van der Waals surface area (Å²) in [5, 5.41) is 11.3. The number of aliphatic imine (C=N–C) groups is 1. The van der Waals surface area contributed by atoms with Crippen LogP contribution in [0.3, 0.4) is 0 Å². The molecule has 188 valence electrons. The van der Waals surface area contributed by atoms with Crippen LogP contribution < -0.4 is 10.2 Å². The van der Waals surface area contributed by atoms with E-state index in [1.165, 1.54) is 6.26 Å². The monoisotopic (exact) mass is 570 g/mol. The molecule has 3 aromatic carbocycles. The number of benzene rings is 3. The molecule has 1 saturated heterocycles. The van der Waals surface area contributed by atoms with Crippen molar-refractivity contribution in [2.75, 3.05) is 4.90 Å². The van der Waals surface area contributed by atoms with E-state index in [0.717, 1.165) is 32.1 Å². The van der Waals surface area contributed by atoms with Crippen molar-refractivity contribution >= 4 is 55.6 Å². The fourth-order valence-corrected chi connectivity index (χ4v) is 5.08. The number of fused-ring (bicyclic) bond motifs is 2. The molecule has 38 heavy (non-hydrogen) atoms. The van der Waals surface area contributed by atoms with Crippen LogP contribution in [0.15, 0.2) is 94.5 Å². The lowest BCUT2D eigenvalue weighted by Crippen LogP contribution is -2.37. The lowest BCUT2D eigenvalue weighted by molar-refractivity contribution is -0.0357. The Balaban J connectivity index is 1.26. The molecule has 4 heterocycles. The minimum atomic E-state index is -0.690. The summed E-state index contributed by atoms with van der Waals surface area (Å²) in [7, 11) is 0. The van der Waals surface area contributed by atoms with Crippen LogP contribution in [0.4, 0.5) is 10.5 Å². The van der Waals surface area contributed by atoms with Gasteiger partial charge in [-0.15, -0.1) is 5.10 Å². The number of rotatable bonds is 5. The lowest BCUT2D eigenvalue weighted by Gasteiger charge is -2.24. The van der Waals surface area contributed by atoms with Gasteiger partial charge in [-0.1, -0.05) is 51.5 Å². The number of nitrogens with one attached hydrogen (secondary N) is 2. The van der Waals surface area contributed by atoms with Crippen molar-refractivity contribution in [3.8, 4) is 0 Å². The molecule has 2 atom stereocenters. The molecule has 7 rings (SSSR count). The number of H-pyrrole nitrogens is 1. The van der Waals surface area contributed by atoms with E-state index in [1.54, 1.807) is 15.9 Å². The second-order valence-corrected chi connectivity index (χ2v) is 9.55. The van der Waals surface area contributed by atoms with Gasteiger partial charge in [0.1, 0.15) is 24.3 Å². The second kappa shape index (κ2) is 8.99. The summed E-state index contributed by atoms with van der Waals surface area (Å²) in [6, 6.07) is 19.8. The van der Waals surface area contributed by atoms with Gasteiger partial charge < -0.3 is 14.5 Å². The number of carbonyl (C=O) groups is 1. The fraction of sp³-hybridized carbons (Fsp3) is 0.115. The molecule has 0 saturated carbocycles. The van der Waals surface area contributed by atoms with E-state index in [4.69, 9.17) is 14.5 Å². The maximum Gasteiger partial charge on any atom is 0.328 e. The highest BCUT2D eigenvalue weighted by Gasteiger charge is 2.44. The van der Waals surface area contributed by atoms with E-state index in [-0.39, 0.29) is 12.7 Å². The third-order valence-electron chi connectivity index (χ3n) is 6.43. The van der Waals surface area contributed by atoms with Crippen LogP contribution in [0.5, 0.6) is 0 Å². The van der Waals surface area contributed by atoms with Gasteiger partial charge in [-0.25, -0.2) is 19.5 Å². The number of halogens is 1. The molecule has 2 unspecified atom stereocenters. The lowest BCUT2D eigenvalue weighted by atomic mass is 10.1. The SMILES string of the molecule is O=C1NC(=NCn2nnc3ccccc32)C(C2=COC(c3ccccc3Br)O2)N1c1ccc2nc[nH]c2c1. The number of aromatic amines is 1. The van der Waals surface area contributed by atoms with E-state index in [2.05, 4.69) is 41.5 Å². The van der Waals surface area contributed by atoms with Crippen molar-refractivity contribution in [1.82, 2.24) is 30.3 Å². The molecule has 12 heteroatoms. The summed E-state index contributed by atoms with van der Waals surface area (Å²) in [5.41, 5.74) is 4.68. The Hall–Kier alpha value is -4.71. The van der Waals surface area contributed by atoms with E-state index in [9.17, 15) is 4.79 Å². The van der Waals surface area contributed by atoms with E-state index in [1.807, 2.05) is 66.7 Å². The average Bonchev–Trinajstić information content (AvgIpc) is 3.73. The largest absolute Gasteiger partial charge is 0.455 e. The molecule has 0 radical (unpaired) electrons. The van der Waals surface area contributed by atoms with Crippen molar-refractivity contribution in [3.63, 3.8) is 0 Å². The Kier molecular flexibility index (Phi) is 5.32. The molecule has 2 aliphatic heterocycles. The number of ether oxygens (including phenoxy) is 2. The van der Waals surface area contributed by atoms with Gasteiger partial charge in [0.15, 0.2) is 11.8 Å². The number of hydrogen-bond donors (Lipinski definition) is 2. The molecule has 0 aliphatic carbocycles. The molecule has 11 nitrogen and oxygen atoms in total. The molecule has 1 fully saturated rings. The first-order valence-corrected chi connectivity index (χ1v) is 12.6. The van der Waals surface area contributed by atoms with Crippen LogP contribution in [0.1, 0.15) is 11.9 Å². The van der Waals surface area contributed by atoms with Gasteiger partial charge in [0.2, 0.25) is 0 Å². The Labute approximate surface area is 223 Å². The van der Waals surface area contributed by atoms with Crippen molar-refractivity contribution in [2.45, 2.75) is 19.0 Å². The highest BCUT2D eigenvalue weighted by atomic mass is 79.9. The topological polar surface area (TPSA) is 123 Å². The maximum atomic E-state index is 13.3. The minimum absolute atomic E-state index is 0.155. The van der Waals surface area contributed by atoms with Crippen LogP contribution in [0.2, 0.25) is 0 Å². The minimum Gasteiger partial charge on any atom is -0.455 e. The molecule has 2 aromatic heterocycles. The normalized spacial score (nSPS) is 20.1. The van der Waals surface area contributed by atoms with Gasteiger partial charge in [-0.05, 0) is 36.4 Å². The van der Waals surface area contributed by atoms with E-state index < -0.39 is 12.3 Å². The summed E-state index contributed by atoms with van der Waals surface area (Å²) in [6.45, 7) is 0.155. The van der Waals surface area contributed by atoms with Crippen molar-refractivity contribution in [1.29, 1.82) is 0 Å². The zero-order valence-corrected chi connectivity index (χ0v) is 21.2. The number of nitrogens with zero attached hydrogens (tertiary/aromatic N) is 6. The Morgan fingerprint density at radius 1 is 1.05 bits per heavy atom. The predicted molar refractivity (Wildman–Crippen MR) is 143 cm³/mol. The smallest absolute Gasteiger partial charge is 0.328 e. The molecule has 0 bridgehead atoms. The zero-order valence-electron chi connectivity index (χ0n) is 19.7. The van der Waals surface area contributed by atoms with Gasteiger partial charge in [-0.2, -0.15) is 0 Å². The highest BCUT2D eigenvalue weighted by molar-refractivity contribution is 9.10. The molecular formula is C26H19BrN8O3. The number of imidazole rings is 1. The summed E-state index contributed by atoms with van der Waals surface area (Å²) in [6.07, 6.45) is 2.48. The number of anilines is 1. The van der Waals surface area contributed by atoms with Crippen molar-refractivity contribution < 1.29 is 14.3 Å². The number of carbonyl (C=O) groups excluding carboxylic acids is 1. The third kappa shape index (κ3) is 3.77. The number of hydrogen-bond acceptors (Lipinski definition) is 7. The fourth-order valence-electron chi connectivity index (χ4n) is 4.61. The standard InChI is InChI=1S/C26H19BrN8O3/c27-17-6-2-1-5-16(17)25-37-12-22(38-25)23-24(30-14-34-21-8-4-3-7-19(21)32-33-34)31-26(36)35(23)15-9-10-18-20(11-15)29-13-28-18/h1-13,23,25H,14H2,(H,28,29)(H,30,31,36). The first-order valence-electron chi connectivity index (χ1n) is 11.8. The second-order valence-electron chi connectivity index (χ2n) is 8.70. The maximum absolute atomic E-state index is 13.3. The summed E-state index contributed by atoms with van der Waals surface area (Å²) < 4.78 is 14.7. The quantitative estimate of drug-likeness (QED) is 0.318. The van der Waals surface area contributed by atoms with Crippen LogP contribution in [-0.4, -0.2) is 42.9 Å². The predicted octanol–water partition coefficient (Wildman–Crippen LogP) is 4.61. The van der Waals surface area contributed by atoms with Crippen molar-refractivity contribution in [2.24, 2.45) is 4.99 Å². The number of amides is 2. The zero-order chi connectivity index (χ0) is 25.6. The summed E-state index contributed by atoms with van der Waals surface area (Å²) in [4.78, 5) is 27.0. The number of para-hydroxylation sites is 1. The molecular weight excluding hydrogens is 552 g/mol.